The Bertz CT molecular complexity index is 698. The molecule has 0 saturated heterocycles. The van der Waals surface area contributed by atoms with E-state index in [9.17, 15) is 9.59 Å². The molecule has 112 valence electrons. The lowest BCUT2D eigenvalue weighted by Crippen LogP contribution is -2.24. The van der Waals surface area contributed by atoms with Crippen LogP contribution in [0.1, 0.15) is 27.9 Å². The first kappa shape index (κ1) is 14.3. The summed E-state index contributed by atoms with van der Waals surface area (Å²) in [5, 5.41) is 2.79. The number of aryl methyl sites for hydroxylation is 1. The van der Waals surface area contributed by atoms with E-state index in [2.05, 4.69) is 10.8 Å². The molecular formula is C17H16N2O3. The molecule has 2 aromatic carbocycles. The fourth-order valence-electron chi connectivity index (χ4n) is 2.34. The molecule has 0 fully saturated rings. The van der Waals surface area contributed by atoms with Gasteiger partial charge in [-0.15, -0.1) is 0 Å². The summed E-state index contributed by atoms with van der Waals surface area (Å²) in [6.45, 7) is 0.313. The number of hydroxylamine groups is 1. The molecule has 5 heteroatoms. The second-order valence-corrected chi connectivity index (χ2v) is 5.13. The highest BCUT2D eigenvalue weighted by Crippen LogP contribution is 2.23. The zero-order valence-electron chi connectivity index (χ0n) is 12.0. The van der Waals surface area contributed by atoms with Crippen molar-refractivity contribution in [3.8, 4) is 0 Å². The maximum Gasteiger partial charge on any atom is 0.274 e. The Hall–Kier alpha value is -2.66. The van der Waals surface area contributed by atoms with Crippen LogP contribution < -0.4 is 10.8 Å². The Morgan fingerprint density at radius 3 is 2.77 bits per heavy atom. The van der Waals surface area contributed by atoms with E-state index in [1.165, 1.54) is 0 Å². The molecule has 22 heavy (non-hydrogen) atoms. The Morgan fingerprint density at radius 2 is 1.95 bits per heavy atom. The molecule has 2 aromatic rings. The van der Waals surface area contributed by atoms with Crippen molar-refractivity contribution < 1.29 is 14.4 Å². The van der Waals surface area contributed by atoms with Crippen molar-refractivity contribution in [1.82, 2.24) is 5.48 Å². The Morgan fingerprint density at radius 1 is 1.14 bits per heavy atom. The van der Waals surface area contributed by atoms with Crippen molar-refractivity contribution in [3.63, 3.8) is 0 Å². The summed E-state index contributed by atoms with van der Waals surface area (Å²) in [5.41, 5.74) is 5.68. The average molecular weight is 296 g/mol. The van der Waals surface area contributed by atoms with Crippen molar-refractivity contribution in [2.45, 2.75) is 19.4 Å². The van der Waals surface area contributed by atoms with Crippen LogP contribution in [0, 0.1) is 0 Å². The van der Waals surface area contributed by atoms with E-state index in [1.54, 1.807) is 18.2 Å². The smallest absolute Gasteiger partial charge is 0.274 e. The zero-order valence-corrected chi connectivity index (χ0v) is 12.0. The highest BCUT2D eigenvalue weighted by molar-refractivity contribution is 5.97. The average Bonchev–Trinajstić information content (AvgIpc) is 2.55. The third kappa shape index (κ3) is 3.32. The minimum absolute atomic E-state index is 0.0101. The minimum atomic E-state index is -0.296. The van der Waals surface area contributed by atoms with Crippen LogP contribution in [0.2, 0.25) is 0 Å². The van der Waals surface area contributed by atoms with Gasteiger partial charge in [0.15, 0.2) is 0 Å². The molecular weight excluding hydrogens is 280 g/mol. The number of nitrogens with one attached hydrogen (secondary N) is 2. The fraction of sp³-hybridized carbons (Fsp3) is 0.176. The van der Waals surface area contributed by atoms with Gasteiger partial charge in [-0.1, -0.05) is 30.3 Å². The largest absolute Gasteiger partial charge is 0.326 e. The number of hydrogen-bond acceptors (Lipinski definition) is 3. The van der Waals surface area contributed by atoms with E-state index >= 15 is 0 Å². The summed E-state index contributed by atoms with van der Waals surface area (Å²) in [6, 6.07) is 14.8. The zero-order chi connectivity index (χ0) is 15.4. The summed E-state index contributed by atoms with van der Waals surface area (Å²) < 4.78 is 0. The second-order valence-electron chi connectivity index (χ2n) is 5.13. The van der Waals surface area contributed by atoms with Crippen LogP contribution in [0.25, 0.3) is 0 Å². The van der Waals surface area contributed by atoms with E-state index in [4.69, 9.17) is 4.84 Å². The lowest BCUT2D eigenvalue weighted by atomic mass is 10.0. The standard InChI is InChI=1S/C17H16N2O3/c20-16-9-7-13-10-14(6-8-15(13)18-16)17(21)19-22-11-12-4-2-1-3-5-12/h1-6,8,10H,7,9,11H2,(H,18,20)(H,19,21). The quantitative estimate of drug-likeness (QED) is 0.852. The molecule has 0 unspecified atom stereocenters. The molecule has 1 aliphatic heterocycles. The third-order valence-electron chi connectivity index (χ3n) is 3.51. The van der Waals surface area contributed by atoms with Crippen LogP contribution in [-0.2, 0) is 22.7 Å². The van der Waals surface area contributed by atoms with E-state index < -0.39 is 0 Å². The normalized spacial score (nSPS) is 13.2. The molecule has 2 amide bonds. The highest BCUT2D eigenvalue weighted by atomic mass is 16.6. The molecule has 5 nitrogen and oxygen atoms in total. The van der Waals surface area contributed by atoms with Gasteiger partial charge in [-0.3, -0.25) is 14.4 Å². The van der Waals surface area contributed by atoms with Crippen molar-refractivity contribution >= 4 is 17.5 Å². The SMILES string of the molecule is O=C1CCc2cc(C(=O)NOCc3ccccc3)ccc2N1. The van der Waals surface area contributed by atoms with Crippen LogP contribution in [0.15, 0.2) is 48.5 Å². The molecule has 0 spiro atoms. The van der Waals surface area contributed by atoms with Gasteiger partial charge in [0.25, 0.3) is 5.91 Å². The molecule has 0 bridgehead atoms. The van der Waals surface area contributed by atoms with E-state index in [-0.39, 0.29) is 11.8 Å². The van der Waals surface area contributed by atoms with E-state index in [0.29, 0.717) is 25.0 Å². The number of fused-ring (bicyclic) bond motifs is 1. The van der Waals surface area contributed by atoms with Crippen LogP contribution in [0.4, 0.5) is 5.69 Å². The fourth-order valence-corrected chi connectivity index (χ4v) is 2.34. The van der Waals surface area contributed by atoms with Gasteiger partial charge < -0.3 is 5.32 Å². The predicted molar refractivity (Wildman–Crippen MR) is 82.1 cm³/mol. The monoisotopic (exact) mass is 296 g/mol. The Kier molecular flexibility index (Phi) is 4.16. The topological polar surface area (TPSA) is 67.4 Å². The third-order valence-corrected chi connectivity index (χ3v) is 3.51. The molecule has 0 saturated carbocycles. The summed E-state index contributed by atoms with van der Waals surface area (Å²) in [7, 11) is 0. The molecule has 2 N–H and O–H groups in total. The summed E-state index contributed by atoms with van der Waals surface area (Å²) in [5.74, 6) is -0.286. The van der Waals surface area contributed by atoms with E-state index in [1.807, 2.05) is 30.3 Å². The lowest BCUT2D eigenvalue weighted by Gasteiger charge is -2.17. The first-order chi connectivity index (χ1) is 10.7. The van der Waals surface area contributed by atoms with Gasteiger partial charge in [-0.25, -0.2) is 5.48 Å². The molecule has 0 atom stereocenters. The van der Waals surface area contributed by atoms with Gasteiger partial charge in [-0.05, 0) is 35.7 Å². The first-order valence-electron chi connectivity index (χ1n) is 7.11. The first-order valence-corrected chi connectivity index (χ1v) is 7.11. The molecule has 0 radical (unpaired) electrons. The van der Waals surface area contributed by atoms with Gasteiger partial charge in [-0.2, -0.15) is 0 Å². The second kappa shape index (κ2) is 6.41. The van der Waals surface area contributed by atoms with Gasteiger partial charge in [0.05, 0.1) is 6.61 Å². The van der Waals surface area contributed by atoms with Crippen molar-refractivity contribution in [2.75, 3.05) is 5.32 Å². The number of anilines is 1. The number of rotatable bonds is 4. The van der Waals surface area contributed by atoms with Gasteiger partial charge >= 0.3 is 0 Å². The number of amides is 2. The summed E-state index contributed by atoms with van der Waals surface area (Å²) in [4.78, 5) is 28.6. The Labute approximate surface area is 128 Å². The molecule has 1 heterocycles. The van der Waals surface area contributed by atoms with Crippen LogP contribution in [-0.4, -0.2) is 11.8 Å². The van der Waals surface area contributed by atoms with E-state index in [0.717, 1.165) is 16.8 Å². The minimum Gasteiger partial charge on any atom is -0.326 e. The van der Waals surface area contributed by atoms with Gasteiger partial charge in [0.1, 0.15) is 0 Å². The highest BCUT2D eigenvalue weighted by Gasteiger charge is 2.16. The van der Waals surface area contributed by atoms with Gasteiger partial charge in [0, 0.05) is 17.7 Å². The number of carbonyl (C=O) groups is 2. The van der Waals surface area contributed by atoms with Crippen molar-refractivity contribution in [1.29, 1.82) is 0 Å². The maximum absolute atomic E-state index is 12.1. The molecule has 3 rings (SSSR count). The lowest BCUT2D eigenvalue weighted by molar-refractivity contribution is -0.116. The molecule has 0 aromatic heterocycles. The van der Waals surface area contributed by atoms with Crippen LogP contribution in [0.3, 0.4) is 0 Å². The molecule has 0 aliphatic carbocycles. The number of hydrogen-bond donors (Lipinski definition) is 2. The predicted octanol–water partition coefficient (Wildman–Crippen LogP) is 2.43. The maximum atomic E-state index is 12.1. The van der Waals surface area contributed by atoms with Gasteiger partial charge in [0.2, 0.25) is 5.91 Å². The molecule has 1 aliphatic rings. The van der Waals surface area contributed by atoms with Crippen molar-refractivity contribution in [2.24, 2.45) is 0 Å². The number of carbonyl (C=O) groups excluding carboxylic acids is 2. The van der Waals surface area contributed by atoms with Crippen LogP contribution in [0.5, 0.6) is 0 Å². The summed E-state index contributed by atoms with van der Waals surface area (Å²) >= 11 is 0. The summed E-state index contributed by atoms with van der Waals surface area (Å²) in [6.07, 6.45) is 1.09. The van der Waals surface area contributed by atoms with Crippen molar-refractivity contribution in [3.05, 3.63) is 65.2 Å². The van der Waals surface area contributed by atoms with Crippen LogP contribution >= 0.6 is 0 Å². The number of benzene rings is 2. The Balaban J connectivity index is 1.59.